The van der Waals surface area contributed by atoms with Crippen LogP contribution in [0, 0.1) is 5.82 Å². The predicted octanol–water partition coefficient (Wildman–Crippen LogP) is 4.65. The fraction of sp³-hybridized carbons (Fsp3) is 0.143. The van der Waals surface area contributed by atoms with Gasteiger partial charge in [0.1, 0.15) is 5.82 Å². The van der Waals surface area contributed by atoms with Crippen LogP contribution in [0.2, 0.25) is 5.02 Å². The summed E-state index contributed by atoms with van der Waals surface area (Å²) in [5.41, 5.74) is 6.75. The van der Waals surface area contributed by atoms with Crippen molar-refractivity contribution in [3.8, 4) is 0 Å². The third kappa shape index (κ3) is 3.05. The molecule has 0 aliphatic heterocycles. The van der Waals surface area contributed by atoms with Crippen molar-refractivity contribution in [1.29, 1.82) is 0 Å². The Labute approximate surface area is 115 Å². The standard InChI is InChI=1S/C14H13ClFNS/c1-9(17)10-6-7-13(11(15)8-10)18-14-5-3-2-4-12(14)16/h2-9H,17H2,1H3/t9-/m0/s1. The summed E-state index contributed by atoms with van der Waals surface area (Å²) in [7, 11) is 0. The molecular weight excluding hydrogens is 269 g/mol. The van der Waals surface area contributed by atoms with E-state index in [-0.39, 0.29) is 11.9 Å². The van der Waals surface area contributed by atoms with Crippen molar-refractivity contribution in [2.24, 2.45) is 5.73 Å². The van der Waals surface area contributed by atoms with Gasteiger partial charge in [-0.1, -0.05) is 41.6 Å². The molecule has 94 valence electrons. The van der Waals surface area contributed by atoms with E-state index in [9.17, 15) is 4.39 Å². The van der Waals surface area contributed by atoms with E-state index in [4.69, 9.17) is 17.3 Å². The molecule has 0 aliphatic carbocycles. The second-order valence-corrected chi connectivity index (χ2v) is 5.50. The van der Waals surface area contributed by atoms with Crippen LogP contribution in [-0.4, -0.2) is 0 Å². The first kappa shape index (κ1) is 13.4. The Kier molecular flexibility index (Phi) is 4.27. The van der Waals surface area contributed by atoms with E-state index < -0.39 is 0 Å². The van der Waals surface area contributed by atoms with Crippen LogP contribution < -0.4 is 5.73 Å². The second-order valence-electron chi connectivity index (χ2n) is 4.01. The molecule has 0 aromatic heterocycles. The Hall–Kier alpha value is -1.03. The van der Waals surface area contributed by atoms with E-state index in [1.165, 1.54) is 17.8 Å². The summed E-state index contributed by atoms with van der Waals surface area (Å²) in [5, 5.41) is 0.595. The SMILES string of the molecule is C[C@H](N)c1ccc(Sc2ccccc2F)c(Cl)c1. The van der Waals surface area contributed by atoms with E-state index in [1.54, 1.807) is 18.2 Å². The lowest BCUT2D eigenvalue weighted by atomic mass is 10.1. The summed E-state index contributed by atoms with van der Waals surface area (Å²) in [6.07, 6.45) is 0. The van der Waals surface area contributed by atoms with Crippen molar-refractivity contribution < 1.29 is 4.39 Å². The highest BCUT2D eigenvalue weighted by Crippen LogP contribution is 2.35. The minimum absolute atomic E-state index is 0.0602. The van der Waals surface area contributed by atoms with Crippen molar-refractivity contribution >= 4 is 23.4 Å². The lowest BCUT2D eigenvalue weighted by Gasteiger charge is -2.09. The molecule has 18 heavy (non-hydrogen) atoms. The molecule has 1 nitrogen and oxygen atoms in total. The topological polar surface area (TPSA) is 26.0 Å². The van der Waals surface area contributed by atoms with Crippen LogP contribution in [0.25, 0.3) is 0 Å². The van der Waals surface area contributed by atoms with Gasteiger partial charge in [0.15, 0.2) is 0 Å². The maximum atomic E-state index is 13.5. The van der Waals surface area contributed by atoms with E-state index in [2.05, 4.69) is 0 Å². The fourth-order valence-corrected chi connectivity index (χ4v) is 2.68. The maximum Gasteiger partial charge on any atom is 0.137 e. The van der Waals surface area contributed by atoms with Crippen LogP contribution in [0.4, 0.5) is 4.39 Å². The van der Waals surface area contributed by atoms with Crippen LogP contribution >= 0.6 is 23.4 Å². The molecule has 0 saturated carbocycles. The van der Waals surface area contributed by atoms with Gasteiger partial charge in [0, 0.05) is 15.8 Å². The molecule has 0 fully saturated rings. The zero-order chi connectivity index (χ0) is 13.1. The van der Waals surface area contributed by atoms with Crippen molar-refractivity contribution in [2.75, 3.05) is 0 Å². The highest BCUT2D eigenvalue weighted by Gasteiger charge is 2.08. The van der Waals surface area contributed by atoms with Crippen LogP contribution in [0.1, 0.15) is 18.5 Å². The summed E-state index contributed by atoms with van der Waals surface area (Å²) in [5.74, 6) is -0.241. The number of rotatable bonds is 3. The van der Waals surface area contributed by atoms with Crippen molar-refractivity contribution in [2.45, 2.75) is 22.8 Å². The van der Waals surface area contributed by atoms with Crippen LogP contribution in [0.15, 0.2) is 52.3 Å². The Morgan fingerprint density at radius 3 is 2.50 bits per heavy atom. The largest absolute Gasteiger partial charge is 0.324 e. The average molecular weight is 282 g/mol. The van der Waals surface area contributed by atoms with Crippen molar-refractivity contribution in [1.82, 2.24) is 0 Å². The molecule has 1 atom stereocenters. The van der Waals surface area contributed by atoms with Gasteiger partial charge in [0.05, 0.1) is 5.02 Å². The Morgan fingerprint density at radius 2 is 1.89 bits per heavy atom. The second kappa shape index (κ2) is 5.74. The molecule has 4 heteroatoms. The molecule has 0 saturated heterocycles. The lowest BCUT2D eigenvalue weighted by Crippen LogP contribution is -2.04. The molecule has 0 aliphatic rings. The maximum absolute atomic E-state index is 13.5. The van der Waals surface area contributed by atoms with Gasteiger partial charge in [-0.3, -0.25) is 0 Å². The van der Waals surface area contributed by atoms with Crippen molar-refractivity contribution in [3.63, 3.8) is 0 Å². The molecular formula is C14H13ClFNS. The number of hydrogen-bond acceptors (Lipinski definition) is 2. The van der Waals surface area contributed by atoms with Gasteiger partial charge < -0.3 is 5.73 Å². The number of benzene rings is 2. The molecule has 2 rings (SSSR count). The zero-order valence-electron chi connectivity index (χ0n) is 9.86. The molecule has 2 N–H and O–H groups in total. The van der Waals surface area contributed by atoms with Gasteiger partial charge in [-0.15, -0.1) is 0 Å². The molecule has 0 amide bonds. The highest BCUT2D eigenvalue weighted by molar-refractivity contribution is 7.99. The Morgan fingerprint density at radius 1 is 1.17 bits per heavy atom. The Bertz CT molecular complexity index is 557. The number of nitrogens with two attached hydrogens (primary N) is 1. The molecule has 0 spiro atoms. The summed E-state index contributed by atoms with van der Waals surface area (Å²) < 4.78 is 13.5. The molecule has 2 aromatic carbocycles. The molecule has 0 radical (unpaired) electrons. The Balaban J connectivity index is 2.28. The van der Waals surface area contributed by atoms with Gasteiger partial charge in [0.2, 0.25) is 0 Å². The smallest absolute Gasteiger partial charge is 0.137 e. The van der Waals surface area contributed by atoms with E-state index in [0.29, 0.717) is 9.92 Å². The van der Waals surface area contributed by atoms with Gasteiger partial charge >= 0.3 is 0 Å². The lowest BCUT2D eigenvalue weighted by molar-refractivity contribution is 0.602. The van der Waals surface area contributed by atoms with Gasteiger partial charge in [0.25, 0.3) is 0 Å². The van der Waals surface area contributed by atoms with E-state index in [0.717, 1.165) is 10.5 Å². The van der Waals surface area contributed by atoms with E-state index >= 15 is 0 Å². The van der Waals surface area contributed by atoms with E-state index in [1.807, 2.05) is 25.1 Å². The molecule has 0 heterocycles. The predicted molar refractivity (Wildman–Crippen MR) is 74.6 cm³/mol. The monoisotopic (exact) mass is 281 g/mol. The minimum Gasteiger partial charge on any atom is -0.324 e. The first-order valence-electron chi connectivity index (χ1n) is 5.55. The highest BCUT2D eigenvalue weighted by atomic mass is 35.5. The minimum atomic E-state index is -0.241. The van der Waals surface area contributed by atoms with Gasteiger partial charge in [-0.25, -0.2) is 4.39 Å². The number of hydrogen-bond donors (Lipinski definition) is 1. The number of halogens is 2. The normalized spacial score (nSPS) is 12.4. The molecule has 0 unspecified atom stereocenters. The van der Waals surface area contributed by atoms with Gasteiger partial charge in [-0.05, 0) is 36.8 Å². The van der Waals surface area contributed by atoms with Crippen LogP contribution in [0.3, 0.4) is 0 Å². The fourth-order valence-electron chi connectivity index (χ4n) is 1.53. The van der Waals surface area contributed by atoms with Gasteiger partial charge in [-0.2, -0.15) is 0 Å². The summed E-state index contributed by atoms with van der Waals surface area (Å²) in [6, 6.07) is 12.2. The molecule has 2 aromatic rings. The zero-order valence-corrected chi connectivity index (χ0v) is 11.4. The van der Waals surface area contributed by atoms with Crippen molar-refractivity contribution in [3.05, 3.63) is 58.9 Å². The molecule has 0 bridgehead atoms. The van der Waals surface area contributed by atoms with Crippen LogP contribution in [0.5, 0.6) is 0 Å². The third-order valence-corrected chi connectivity index (χ3v) is 4.09. The summed E-state index contributed by atoms with van der Waals surface area (Å²) in [6.45, 7) is 1.90. The summed E-state index contributed by atoms with van der Waals surface area (Å²) in [4.78, 5) is 1.39. The first-order chi connectivity index (χ1) is 8.58. The van der Waals surface area contributed by atoms with Crippen LogP contribution in [-0.2, 0) is 0 Å². The third-order valence-electron chi connectivity index (χ3n) is 2.54. The quantitative estimate of drug-likeness (QED) is 0.886. The first-order valence-corrected chi connectivity index (χ1v) is 6.75. The summed E-state index contributed by atoms with van der Waals surface area (Å²) >= 11 is 7.49. The average Bonchev–Trinajstić information content (AvgIpc) is 2.34.